The van der Waals surface area contributed by atoms with Crippen LogP contribution >= 0.6 is 0 Å². The Labute approximate surface area is 112 Å². The van der Waals surface area contributed by atoms with Crippen LogP contribution in [0, 0.1) is 0 Å². The first-order chi connectivity index (χ1) is 8.27. The molecular weight excluding hydrogens is 224 g/mol. The lowest BCUT2D eigenvalue weighted by Gasteiger charge is -2.34. The van der Waals surface area contributed by atoms with E-state index in [1.807, 2.05) is 0 Å². The van der Waals surface area contributed by atoms with Crippen LogP contribution in [0.15, 0.2) is 0 Å². The first kappa shape index (κ1) is 14.3. The van der Waals surface area contributed by atoms with Crippen LogP contribution in [-0.2, 0) is 4.74 Å². The Bertz CT molecular complexity index is 288. The molecule has 2 fully saturated rings. The molecule has 2 unspecified atom stereocenters. The second-order valence-corrected chi connectivity index (χ2v) is 7.42. The van der Waals surface area contributed by atoms with E-state index in [0.717, 1.165) is 19.6 Å². The summed E-state index contributed by atoms with van der Waals surface area (Å²) < 4.78 is 6.15. The van der Waals surface area contributed by atoms with Crippen LogP contribution in [0.2, 0.25) is 0 Å². The molecule has 3 heteroatoms. The van der Waals surface area contributed by atoms with Gasteiger partial charge in [0.05, 0.1) is 11.7 Å². The maximum atomic E-state index is 6.15. The molecule has 106 valence electrons. The Kier molecular flexibility index (Phi) is 4.05. The minimum atomic E-state index is 0.0908. The second kappa shape index (κ2) is 5.10. The Balaban J connectivity index is 1.94. The van der Waals surface area contributed by atoms with Gasteiger partial charge < -0.3 is 10.1 Å². The van der Waals surface area contributed by atoms with E-state index in [2.05, 4.69) is 44.8 Å². The fraction of sp³-hybridized carbons (Fsp3) is 1.00. The van der Waals surface area contributed by atoms with Crippen LogP contribution in [0.1, 0.15) is 53.9 Å². The Morgan fingerprint density at radius 2 is 1.94 bits per heavy atom. The summed E-state index contributed by atoms with van der Waals surface area (Å²) in [5.74, 6) is 0. The molecule has 1 N–H and O–H groups in total. The summed E-state index contributed by atoms with van der Waals surface area (Å²) in [5, 5.41) is 3.64. The normalized spacial score (nSPS) is 36.5. The van der Waals surface area contributed by atoms with Gasteiger partial charge in [-0.2, -0.15) is 0 Å². The smallest absolute Gasteiger partial charge is 0.0710 e. The lowest BCUT2D eigenvalue weighted by atomic mass is 10.0. The number of ether oxygens (including phenoxy) is 1. The zero-order chi connectivity index (χ0) is 13.4. The van der Waals surface area contributed by atoms with Crippen LogP contribution in [0.4, 0.5) is 0 Å². The molecule has 0 spiro atoms. The molecule has 2 heterocycles. The van der Waals surface area contributed by atoms with Gasteiger partial charge in [-0.3, -0.25) is 4.90 Å². The van der Waals surface area contributed by atoms with Gasteiger partial charge in [0, 0.05) is 24.7 Å². The number of hydrogen-bond donors (Lipinski definition) is 1. The van der Waals surface area contributed by atoms with Crippen LogP contribution in [0.5, 0.6) is 0 Å². The number of rotatable bonds is 2. The van der Waals surface area contributed by atoms with Gasteiger partial charge in [0.1, 0.15) is 0 Å². The molecule has 18 heavy (non-hydrogen) atoms. The van der Waals surface area contributed by atoms with Crippen molar-refractivity contribution in [2.24, 2.45) is 0 Å². The van der Waals surface area contributed by atoms with E-state index in [0.29, 0.717) is 12.1 Å². The molecule has 2 atom stereocenters. The minimum absolute atomic E-state index is 0.0908. The molecule has 0 radical (unpaired) electrons. The molecule has 2 rings (SSSR count). The standard InChI is InChI=1S/C15H30N2O/c1-12-7-9-16-14(2,3)11-17(12)10-13-6-8-15(4,5)18-13/h12-13,16H,6-11H2,1-5H3. The van der Waals surface area contributed by atoms with E-state index in [4.69, 9.17) is 4.74 Å². The molecule has 2 aliphatic rings. The summed E-state index contributed by atoms with van der Waals surface area (Å²) in [4.78, 5) is 2.62. The van der Waals surface area contributed by atoms with Crippen molar-refractivity contribution in [3.8, 4) is 0 Å². The highest BCUT2D eigenvalue weighted by molar-refractivity contribution is 4.90. The lowest BCUT2D eigenvalue weighted by molar-refractivity contribution is -0.0342. The number of nitrogens with zero attached hydrogens (tertiary/aromatic N) is 1. The Morgan fingerprint density at radius 3 is 2.56 bits per heavy atom. The van der Waals surface area contributed by atoms with Crippen molar-refractivity contribution in [2.45, 2.75) is 77.2 Å². The van der Waals surface area contributed by atoms with Crippen LogP contribution in [0.25, 0.3) is 0 Å². The summed E-state index contributed by atoms with van der Waals surface area (Å²) >= 11 is 0. The molecule has 0 aromatic heterocycles. The van der Waals surface area contributed by atoms with Crippen LogP contribution < -0.4 is 5.32 Å². The summed E-state index contributed by atoms with van der Waals surface area (Å²) in [6.07, 6.45) is 4.07. The highest BCUT2D eigenvalue weighted by atomic mass is 16.5. The largest absolute Gasteiger partial charge is 0.371 e. The van der Waals surface area contributed by atoms with Crippen LogP contribution in [-0.4, -0.2) is 47.8 Å². The molecule has 0 aliphatic carbocycles. The van der Waals surface area contributed by atoms with Gasteiger partial charge in [-0.1, -0.05) is 0 Å². The van der Waals surface area contributed by atoms with Gasteiger partial charge in [0.2, 0.25) is 0 Å². The third kappa shape index (κ3) is 3.69. The predicted octanol–water partition coefficient (Wildman–Crippen LogP) is 2.41. The third-order valence-electron chi connectivity index (χ3n) is 4.38. The van der Waals surface area contributed by atoms with E-state index in [1.54, 1.807) is 0 Å². The van der Waals surface area contributed by atoms with Gasteiger partial charge in [-0.05, 0) is 60.4 Å². The monoisotopic (exact) mass is 254 g/mol. The van der Waals surface area contributed by atoms with E-state index < -0.39 is 0 Å². The summed E-state index contributed by atoms with van der Waals surface area (Å²) in [7, 11) is 0. The molecule has 0 amide bonds. The van der Waals surface area contributed by atoms with Gasteiger partial charge in [-0.25, -0.2) is 0 Å². The molecule has 0 saturated carbocycles. The van der Waals surface area contributed by atoms with Crippen molar-refractivity contribution < 1.29 is 4.74 Å². The number of hydrogen-bond acceptors (Lipinski definition) is 3. The molecule has 0 bridgehead atoms. The fourth-order valence-corrected chi connectivity index (χ4v) is 3.23. The first-order valence-corrected chi connectivity index (χ1v) is 7.44. The van der Waals surface area contributed by atoms with E-state index in [1.165, 1.54) is 19.3 Å². The summed E-state index contributed by atoms with van der Waals surface area (Å²) in [5.41, 5.74) is 0.312. The Hall–Kier alpha value is -0.120. The third-order valence-corrected chi connectivity index (χ3v) is 4.38. The van der Waals surface area contributed by atoms with Crippen molar-refractivity contribution in [2.75, 3.05) is 19.6 Å². The first-order valence-electron chi connectivity index (χ1n) is 7.44. The highest BCUT2D eigenvalue weighted by Gasteiger charge is 2.35. The average molecular weight is 254 g/mol. The van der Waals surface area contributed by atoms with Crippen molar-refractivity contribution in [3.63, 3.8) is 0 Å². The maximum Gasteiger partial charge on any atom is 0.0710 e. The highest BCUT2D eigenvalue weighted by Crippen LogP contribution is 2.30. The molecule has 3 nitrogen and oxygen atoms in total. The zero-order valence-corrected chi connectivity index (χ0v) is 12.8. The maximum absolute atomic E-state index is 6.15. The SMILES string of the molecule is CC1CCNC(C)(C)CN1CC1CCC(C)(C)O1. The van der Waals surface area contributed by atoms with Crippen LogP contribution in [0.3, 0.4) is 0 Å². The average Bonchev–Trinajstić information content (AvgIpc) is 2.49. The minimum Gasteiger partial charge on any atom is -0.371 e. The molecular formula is C15H30N2O. The second-order valence-electron chi connectivity index (χ2n) is 7.42. The van der Waals surface area contributed by atoms with Gasteiger partial charge in [0.15, 0.2) is 0 Å². The molecule has 2 saturated heterocycles. The molecule has 2 aliphatic heterocycles. The lowest BCUT2D eigenvalue weighted by Crippen LogP contribution is -2.49. The molecule has 0 aromatic rings. The van der Waals surface area contributed by atoms with Crippen molar-refractivity contribution in [1.29, 1.82) is 0 Å². The summed E-state index contributed by atoms with van der Waals surface area (Å²) in [6.45, 7) is 14.7. The van der Waals surface area contributed by atoms with Crippen molar-refractivity contribution in [3.05, 3.63) is 0 Å². The predicted molar refractivity (Wildman–Crippen MR) is 75.9 cm³/mol. The topological polar surface area (TPSA) is 24.5 Å². The van der Waals surface area contributed by atoms with Gasteiger partial charge in [-0.15, -0.1) is 0 Å². The quantitative estimate of drug-likeness (QED) is 0.819. The van der Waals surface area contributed by atoms with E-state index in [-0.39, 0.29) is 11.1 Å². The van der Waals surface area contributed by atoms with Crippen molar-refractivity contribution >= 4 is 0 Å². The van der Waals surface area contributed by atoms with Crippen molar-refractivity contribution in [1.82, 2.24) is 10.2 Å². The zero-order valence-electron chi connectivity index (χ0n) is 12.8. The van der Waals surface area contributed by atoms with E-state index >= 15 is 0 Å². The Morgan fingerprint density at radius 1 is 1.22 bits per heavy atom. The fourth-order valence-electron chi connectivity index (χ4n) is 3.23. The number of nitrogens with one attached hydrogen (secondary N) is 1. The van der Waals surface area contributed by atoms with Gasteiger partial charge >= 0.3 is 0 Å². The van der Waals surface area contributed by atoms with E-state index in [9.17, 15) is 0 Å². The van der Waals surface area contributed by atoms with Gasteiger partial charge in [0.25, 0.3) is 0 Å². The summed E-state index contributed by atoms with van der Waals surface area (Å²) in [6, 6.07) is 0.659. The molecule has 0 aromatic carbocycles.